The molecular weight excluding hydrogens is 312 g/mol. The van der Waals surface area contributed by atoms with Crippen LogP contribution in [0.2, 0.25) is 0 Å². The summed E-state index contributed by atoms with van der Waals surface area (Å²) < 4.78 is 0. The Morgan fingerprint density at radius 3 is 1.50 bits per heavy atom. The maximum atomic E-state index is 3.93. The van der Waals surface area contributed by atoms with Crippen LogP contribution in [0.25, 0.3) is 0 Å². The molecule has 0 spiro atoms. The lowest BCUT2D eigenvalue weighted by molar-refractivity contribution is 0.511. The van der Waals surface area contributed by atoms with Crippen molar-refractivity contribution in [3.8, 4) is 0 Å². The molecule has 0 nitrogen and oxygen atoms in total. The van der Waals surface area contributed by atoms with Gasteiger partial charge in [-0.15, -0.1) is 0 Å². The molecule has 0 radical (unpaired) electrons. The summed E-state index contributed by atoms with van der Waals surface area (Å²) in [7, 11) is 0. The summed E-state index contributed by atoms with van der Waals surface area (Å²) in [4.78, 5) is 0. The highest BCUT2D eigenvalue weighted by atomic mass is 14.2. The SMILES string of the molecule is C=C/C(=C\C(=C/C)C(CCC)CCC)C(C)C.CC.CCCCCCC. The third-order valence-electron chi connectivity index (χ3n) is 4.52. The summed E-state index contributed by atoms with van der Waals surface area (Å²) in [6.45, 7) is 23.6. The zero-order valence-electron chi connectivity index (χ0n) is 20.0. The summed E-state index contributed by atoms with van der Waals surface area (Å²) in [5, 5.41) is 0. The smallest absolute Gasteiger partial charge is 0.0165 e. The Kier molecular flexibility index (Phi) is 27.9. The van der Waals surface area contributed by atoms with E-state index in [0.29, 0.717) is 5.92 Å². The summed E-state index contributed by atoms with van der Waals surface area (Å²) in [5.41, 5.74) is 2.85. The molecule has 0 fully saturated rings. The minimum atomic E-state index is 0.561. The molecule has 0 heteroatoms. The molecular formula is C26H52. The molecule has 0 N–H and O–H groups in total. The average Bonchev–Trinajstić information content (AvgIpc) is 2.65. The summed E-state index contributed by atoms with van der Waals surface area (Å²) in [6, 6.07) is 0. The minimum absolute atomic E-state index is 0.561. The number of rotatable bonds is 12. The fourth-order valence-corrected chi connectivity index (χ4v) is 2.94. The van der Waals surface area contributed by atoms with E-state index in [1.807, 2.05) is 19.9 Å². The van der Waals surface area contributed by atoms with E-state index in [0.717, 1.165) is 5.92 Å². The van der Waals surface area contributed by atoms with Crippen LogP contribution >= 0.6 is 0 Å². The minimum Gasteiger partial charge on any atom is -0.0988 e. The van der Waals surface area contributed by atoms with Crippen molar-refractivity contribution in [2.24, 2.45) is 11.8 Å². The molecule has 0 aliphatic rings. The quantitative estimate of drug-likeness (QED) is 0.239. The highest BCUT2D eigenvalue weighted by molar-refractivity contribution is 5.31. The normalized spacial score (nSPS) is 11.7. The molecule has 0 saturated carbocycles. The Balaban J connectivity index is -0.000000491. The Labute approximate surface area is 168 Å². The van der Waals surface area contributed by atoms with Gasteiger partial charge in [-0.25, -0.2) is 0 Å². The first-order valence-electron chi connectivity index (χ1n) is 11.5. The van der Waals surface area contributed by atoms with Gasteiger partial charge in [0.05, 0.1) is 0 Å². The predicted octanol–water partition coefficient (Wildman–Crippen LogP) is 9.92. The Morgan fingerprint density at radius 1 is 0.769 bits per heavy atom. The van der Waals surface area contributed by atoms with Crippen LogP contribution in [-0.4, -0.2) is 0 Å². The van der Waals surface area contributed by atoms with E-state index in [1.54, 1.807) is 0 Å². The molecule has 0 aromatic rings. The van der Waals surface area contributed by atoms with Crippen molar-refractivity contribution in [2.75, 3.05) is 0 Å². The van der Waals surface area contributed by atoms with Gasteiger partial charge in [0.2, 0.25) is 0 Å². The fourth-order valence-electron chi connectivity index (χ4n) is 2.94. The Bertz CT molecular complexity index is 320. The van der Waals surface area contributed by atoms with Crippen LogP contribution in [0, 0.1) is 11.8 Å². The first kappa shape index (κ1) is 30.0. The lowest BCUT2D eigenvalue weighted by atomic mass is 9.87. The first-order chi connectivity index (χ1) is 12.5. The first-order valence-corrected chi connectivity index (χ1v) is 11.5. The van der Waals surface area contributed by atoms with E-state index < -0.39 is 0 Å². The van der Waals surface area contributed by atoms with Crippen LogP contribution < -0.4 is 0 Å². The van der Waals surface area contributed by atoms with Gasteiger partial charge in [0.1, 0.15) is 0 Å². The molecule has 0 rings (SSSR count). The van der Waals surface area contributed by atoms with Crippen molar-refractivity contribution in [3.05, 3.63) is 36.0 Å². The molecule has 0 saturated heterocycles. The third kappa shape index (κ3) is 18.0. The molecule has 0 bridgehead atoms. The second kappa shape index (κ2) is 24.2. The van der Waals surface area contributed by atoms with Gasteiger partial charge in [0.25, 0.3) is 0 Å². The highest BCUT2D eigenvalue weighted by Gasteiger charge is 2.11. The lowest BCUT2D eigenvalue weighted by Crippen LogP contribution is -2.04. The van der Waals surface area contributed by atoms with Gasteiger partial charge in [-0.3, -0.25) is 0 Å². The number of hydrogen-bond acceptors (Lipinski definition) is 0. The molecule has 0 aliphatic heterocycles. The van der Waals surface area contributed by atoms with Crippen molar-refractivity contribution < 1.29 is 0 Å². The topological polar surface area (TPSA) is 0 Å². The lowest BCUT2D eigenvalue weighted by Gasteiger charge is -2.18. The van der Waals surface area contributed by atoms with Crippen molar-refractivity contribution in [1.82, 2.24) is 0 Å². The van der Waals surface area contributed by atoms with Crippen LogP contribution in [0.3, 0.4) is 0 Å². The predicted molar refractivity (Wildman–Crippen MR) is 126 cm³/mol. The third-order valence-corrected chi connectivity index (χ3v) is 4.52. The van der Waals surface area contributed by atoms with E-state index in [4.69, 9.17) is 0 Å². The van der Waals surface area contributed by atoms with Crippen LogP contribution in [0.4, 0.5) is 0 Å². The van der Waals surface area contributed by atoms with Crippen molar-refractivity contribution in [2.45, 2.75) is 120 Å². The van der Waals surface area contributed by atoms with E-state index in [-0.39, 0.29) is 0 Å². The zero-order chi connectivity index (χ0) is 20.8. The van der Waals surface area contributed by atoms with Crippen LogP contribution in [0.5, 0.6) is 0 Å². The highest BCUT2D eigenvalue weighted by Crippen LogP contribution is 2.26. The molecule has 0 heterocycles. The molecule has 0 atom stereocenters. The Hall–Kier alpha value is -0.780. The number of unbranched alkanes of at least 4 members (excludes halogenated alkanes) is 4. The molecule has 0 aliphatic carbocycles. The van der Waals surface area contributed by atoms with Crippen LogP contribution in [-0.2, 0) is 0 Å². The molecule has 26 heavy (non-hydrogen) atoms. The second-order valence-electron chi connectivity index (χ2n) is 7.13. The average molecular weight is 365 g/mol. The largest absolute Gasteiger partial charge is 0.0988 e. The van der Waals surface area contributed by atoms with Gasteiger partial charge in [0.15, 0.2) is 0 Å². The van der Waals surface area contributed by atoms with E-state index >= 15 is 0 Å². The van der Waals surface area contributed by atoms with Crippen molar-refractivity contribution >= 4 is 0 Å². The summed E-state index contributed by atoms with van der Waals surface area (Å²) >= 11 is 0. The fraction of sp³-hybridized carbons (Fsp3) is 0.769. The Morgan fingerprint density at radius 2 is 1.23 bits per heavy atom. The molecule has 156 valence electrons. The zero-order valence-corrected chi connectivity index (χ0v) is 20.0. The van der Waals surface area contributed by atoms with E-state index in [1.165, 1.54) is 68.9 Å². The van der Waals surface area contributed by atoms with Crippen molar-refractivity contribution in [1.29, 1.82) is 0 Å². The van der Waals surface area contributed by atoms with E-state index in [2.05, 4.69) is 67.2 Å². The van der Waals surface area contributed by atoms with Crippen molar-refractivity contribution in [3.63, 3.8) is 0 Å². The van der Waals surface area contributed by atoms with Gasteiger partial charge < -0.3 is 0 Å². The standard InChI is InChI=1S/C17H30.C7H16.C2H6/c1-7-11-17(12-8-2)16(10-4)13-15(9-3)14(5)6;1-3-5-7-6-4-2;1-2/h9-10,13-14,17H,3,7-8,11-12H2,1-2,4-6H3;3-7H2,1-2H3;1-2H3/b15-13+,16-10+;;. The van der Waals surface area contributed by atoms with Gasteiger partial charge in [-0.2, -0.15) is 0 Å². The summed E-state index contributed by atoms with van der Waals surface area (Å²) in [6.07, 6.45) is 18.8. The van der Waals surface area contributed by atoms with Gasteiger partial charge in [0, 0.05) is 0 Å². The van der Waals surface area contributed by atoms with Gasteiger partial charge in [-0.05, 0) is 42.7 Å². The second-order valence-corrected chi connectivity index (χ2v) is 7.13. The monoisotopic (exact) mass is 364 g/mol. The molecule has 0 unspecified atom stereocenters. The number of hydrogen-bond donors (Lipinski definition) is 0. The van der Waals surface area contributed by atoms with Crippen LogP contribution in [0.1, 0.15) is 120 Å². The molecule has 0 aromatic heterocycles. The summed E-state index contributed by atoms with van der Waals surface area (Å²) in [5.74, 6) is 1.29. The van der Waals surface area contributed by atoms with E-state index in [9.17, 15) is 0 Å². The number of allylic oxidation sites excluding steroid dienone is 5. The maximum absolute atomic E-state index is 3.93. The maximum Gasteiger partial charge on any atom is -0.0165 e. The van der Waals surface area contributed by atoms with Gasteiger partial charge in [-0.1, -0.05) is 125 Å². The molecule has 0 amide bonds. The van der Waals surface area contributed by atoms with Gasteiger partial charge >= 0.3 is 0 Å². The molecule has 0 aromatic carbocycles. The van der Waals surface area contributed by atoms with Crippen LogP contribution in [0.15, 0.2) is 36.0 Å².